The Bertz CT molecular complexity index is 464. The monoisotopic (exact) mass is 264 g/mol. The van der Waals surface area contributed by atoms with E-state index in [0.29, 0.717) is 23.9 Å². The van der Waals surface area contributed by atoms with Crippen molar-refractivity contribution in [3.05, 3.63) is 12.1 Å². The second-order valence-electron chi connectivity index (χ2n) is 4.67. The Kier molecular flexibility index (Phi) is 4.09. The number of amides is 1. The highest BCUT2D eigenvalue weighted by molar-refractivity contribution is 5.79. The summed E-state index contributed by atoms with van der Waals surface area (Å²) >= 11 is 0. The molecule has 6 heteroatoms. The SMILES string of the molecule is CNC(=O)C1CCCN(c2nc(OC)ccc2N)C1. The number of piperidine rings is 1. The molecule has 19 heavy (non-hydrogen) atoms. The Morgan fingerprint density at radius 1 is 1.58 bits per heavy atom. The molecule has 6 nitrogen and oxygen atoms in total. The Hall–Kier alpha value is -1.98. The van der Waals surface area contributed by atoms with E-state index in [2.05, 4.69) is 15.2 Å². The normalized spacial score (nSPS) is 19.1. The van der Waals surface area contributed by atoms with Gasteiger partial charge >= 0.3 is 0 Å². The molecule has 0 aromatic carbocycles. The molecule has 1 aromatic rings. The van der Waals surface area contributed by atoms with Crippen molar-refractivity contribution in [2.75, 3.05) is 37.9 Å². The minimum absolute atomic E-state index is 0.00819. The van der Waals surface area contributed by atoms with Crippen LogP contribution in [0.3, 0.4) is 0 Å². The molecule has 0 spiro atoms. The highest BCUT2D eigenvalue weighted by atomic mass is 16.5. The first-order valence-corrected chi connectivity index (χ1v) is 6.42. The molecule has 3 N–H and O–H groups in total. The first kappa shape index (κ1) is 13.5. The summed E-state index contributed by atoms with van der Waals surface area (Å²) in [5.74, 6) is 1.30. The van der Waals surface area contributed by atoms with E-state index in [-0.39, 0.29) is 11.8 Å². The fourth-order valence-corrected chi connectivity index (χ4v) is 2.40. The van der Waals surface area contributed by atoms with Gasteiger partial charge in [0.1, 0.15) is 0 Å². The van der Waals surface area contributed by atoms with Crippen LogP contribution in [0.15, 0.2) is 12.1 Å². The molecule has 104 valence electrons. The molecule has 0 saturated carbocycles. The number of nitrogens with one attached hydrogen (secondary N) is 1. The number of rotatable bonds is 3. The standard InChI is InChI=1S/C13H20N4O2/c1-15-13(18)9-4-3-7-17(8-9)12-10(14)5-6-11(16-12)19-2/h5-6,9H,3-4,7-8,14H2,1-2H3,(H,15,18). The van der Waals surface area contributed by atoms with Gasteiger partial charge in [-0.1, -0.05) is 0 Å². The third-order valence-electron chi connectivity index (χ3n) is 3.43. The molecule has 0 bridgehead atoms. The molecule has 1 aromatic heterocycles. The number of anilines is 2. The number of methoxy groups -OCH3 is 1. The number of nitrogens with zero attached hydrogens (tertiary/aromatic N) is 2. The zero-order valence-corrected chi connectivity index (χ0v) is 11.3. The fraction of sp³-hybridized carbons (Fsp3) is 0.538. The summed E-state index contributed by atoms with van der Waals surface area (Å²) in [6.45, 7) is 1.50. The van der Waals surface area contributed by atoms with Crippen LogP contribution in [0.2, 0.25) is 0 Å². The molecule has 0 aliphatic carbocycles. The van der Waals surface area contributed by atoms with Crippen molar-refractivity contribution in [1.29, 1.82) is 0 Å². The van der Waals surface area contributed by atoms with Gasteiger partial charge in [0, 0.05) is 26.2 Å². The molecule has 1 amide bonds. The Morgan fingerprint density at radius 3 is 3.05 bits per heavy atom. The molecule has 1 atom stereocenters. The summed E-state index contributed by atoms with van der Waals surface area (Å²) in [7, 11) is 3.24. The summed E-state index contributed by atoms with van der Waals surface area (Å²) < 4.78 is 5.12. The maximum atomic E-state index is 11.7. The lowest BCUT2D eigenvalue weighted by Crippen LogP contribution is -2.42. The number of nitrogens with two attached hydrogens (primary N) is 1. The van der Waals surface area contributed by atoms with Gasteiger partial charge in [-0.25, -0.2) is 0 Å². The van der Waals surface area contributed by atoms with Crippen LogP contribution in [0.4, 0.5) is 11.5 Å². The molecular formula is C13H20N4O2. The largest absolute Gasteiger partial charge is 0.481 e. The van der Waals surface area contributed by atoms with E-state index in [9.17, 15) is 4.79 Å². The van der Waals surface area contributed by atoms with Gasteiger partial charge in [-0.2, -0.15) is 4.98 Å². The topological polar surface area (TPSA) is 80.5 Å². The third-order valence-corrected chi connectivity index (χ3v) is 3.43. The van der Waals surface area contributed by atoms with Gasteiger partial charge in [-0.15, -0.1) is 0 Å². The Morgan fingerprint density at radius 2 is 2.37 bits per heavy atom. The van der Waals surface area contributed by atoms with Crippen molar-refractivity contribution in [2.24, 2.45) is 5.92 Å². The third kappa shape index (κ3) is 2.89. The highest BCUT2D eigenvalue weighted by Gasteiger charge is 2.26. The van der Waals surface area contributed by atoms with Gasteiger partial charge in [0.25, 0.3) is 0 Å². The zero-order chi connectivity index (χ0) is 13.8. The van der Waals surface area contributed by atoms with Gasteiger partial charge in [-0.3, -0.25) is 4.79 Å². The predicted octanol–water partition coefficient (Wildman–Crippen LogP) is 0.635. The first-order valence-electron chi connectivity index (χ1n) is 6.42. The molecule has 1 fully saturated rings. The summed E-state index contributed by atoms with van der Waals surface area (Å²) in [6, 6.07) is 3.52. The van der Waals surface area contributed by atoms with Crippen molar-refractivity contribution < 1.29 is 9.53 Å². The Labute approximate surface area is 112 Å². The molecule has 1 aliphatic heterocycles. The molecule has 1 unspecified atom stereocenters. The quantitative estimate of drug-likeness (QED) is 0.837. The number of hydrogen-bond acceptors (Lipinski definition) is 5. The number of ether oxygens (including phenoxy) is 1. The number of nitrogen functional groups attached to an aromatic ring is 1. The van der Waals surface area contributed by atoms with Crippen LogP contribution in [-0.2, 0) is 4.79 Å². The number of pyridine rings is 1. The van der Waals surface area contributed by atoms with E-state index in [1.54, 1.807) is 26.3 Å². The highest BCUT2D eigenvalue weighted by Crippen LogP contribution is 2.28. The lowest BCUT2D eigenvalue weighted by atomic mass is 9.97. The van der Waals surface area contributed by atoms with Gasteiger partial charge < -0.3 is 20.7 Å². The van der Waals surface area contributed by atoms with Crippen LogP contribution in [0.1, 0.15) is 12.8 Å². The average molecular weight is 264 g/mol. The van der Waals surface area contributed by atoms with Gasteiger partial charge in [0.05, 0.1) is 18.7 Å². The minimum Gasteiger partial charge on any atom is -0.481 e. The number of hydrogen-bond donors (Lipinski definition) is 2. The molecular weight excluding hydrogens is 244 g/mol. The first-order chi connectivity index (χ1) is 9.15. The lowest BCUT2D eigenvalue weighted by Gasteiger charge is -2.33. The summed E-state index contributed by atoms with van der Waals surface area (Å²) in [4.78, 5) is 18.2. The van der Waals surface area contributed by atoms with Crippen molar-refractivity contribution in [2.45, 2.75) is 12.8 Å². The molecule has 2 rings (SSSR count). The number of aromatic nitrogens is 1. The predicted molar refractivity (Wildman–Crippen MR) is 74.2 cm³/mol. The minimum atomic E-state index is -0.00819. The summed E-state index contributed by atoms with van der Waals surface area (Å²) in [5.41, 5.74) is 6.58. The summed E-state index contributed by atoms with van der Waals surface area (Å²) in [6.07, 6.45) is 1.86. The van der Waals surface area contributed by atoms with Crippen LogP contribution < -0.4 is 20.7 Å². The second-order valence-corrected chi connectivity index (χ2v) is 4.67. The van der Waals surface area contributed by atoms with Gasteiger partial charge in [-0.05, 0) is 18.9 Å². The number of carbonyl (C=O) groups excluding carboxylic acids is 1. The van der Waals surface area contributed by atoms with Gasteiger partial charge in [0.15, 0.2) is 5.82 Å². The maximum absolute atomic E-state index is 11.7. The zero-order valence-electron chi connectivity index (χ0n) is 11.3. The van der Waals surface area contributed by atoms with Crippen LogP contribution in [0, 0.1) is 5.92 Å². The maximum Gasteiger partial charge on any atom is 0.224 e. The molecule has 1 aliphatic rings. The summed E-state index contributed by atoms with van der Waals surface area (Å²) in [5, 5.41) is 2.70. The Balaban J connectivity index is 2.19. The van der Waals surface area contributed by atoms with E-state index in [0.717, 1.165) is 19.4 Å². The van der Waals surface area contributed by atoms with Gasteiger partial charge in [0.2, 0.25) is 11.8 Å². The average Bonchev–Trinajstić information content (AvgIpc) is 2.47. The second kappa shape index (κ2) is 5.77. The van der Waals surface area contributed by atoms with Crippen molar-refractivity contribution >= 4 is 17.4 Å². The fourth-order valence-electron chi connectivity index (χ4n) is 2.40. The van der Waals surface area contributed by atoms with Crippen molar-refractivity contribution in [3.63, 3.8) is 0 Å². The van der Waals surface area contributed by atoms with E-state index in [4.69, 9.17) is 10.5 Å². The van der Waals surface area contributed by atoms with Crippen LogP contribution in [-0.4, -0.2) is 38.1 Å². The van der Waals surface area contributed by atoms with Crippen molar-refractivity contribution in [1.82, 2.24) is 10.3 Å². The number of carbonyl (C=O) groups is 1. The van der Waals surface area contributed by atoms with Crippen LogP contribution >= 0.6 is 0 Å². The van der Waals surface area contributed by atoms with E-state index in [1.807, 2.05) is 0 Å². The smallest absolute Gasteiger partial charge is 0.224 e. The lowest BCUT2D eigenvalue weighted by molar-refractivity contribution is -0.124. The van der Waals surface area contributed by atoms with E-state index in [1.165, 1.54) is 0 Å². The van der Waals surface area contributed by atoms with Crippen LogP contribution in [0.5, 0.6) is 5.88 Å². The van der Waals surface area contributed by atoms with E-state index < -0.39 is 0 Å². The molecule has 0 radical (unpaired) electrons. The van der Waals surface area contributed by atoms with Crippen LogP contribution in [0.25, 0.3) is 0 Å². The molecule has 2 heterocycles. The molecule has 1 saturated heterocycles. The van der Waals surface area contributed by atoms with E-state index >= 15 is 0 Å². The van der Waals surface area contributed by atoms with Crippen molar-refractivity contribution in [3.8, 4) is 5.88 Å².